The second kappa shape index (κ2) is 6.25. The van der Waals surface area contributed by atoms with Gasteiger partial charge in [-0.1, -0.05) is 17.7 Å². The Kier molecular flexibility index (Phi) is 4.42. The maximum Gasteiger partial charge on any atom is 0.323 e. The number of aryl methyl sites for hydroxylation is 1. The Morgan fingerprint density at radius 2 is 1.90 bits per heavy atom. The van der Waals surface area contributed by atoms with Crippen molar-refractivity contribution in [2.45, 2.75) is 6.92 Å². The Morgan fingerprint density at radius 3 is 2.50 bits per heavy atom. The molecule has 0 bridgehead atoms. The number of carbonyl (C=O) groups excluding carboxylic acids is 1. The van der Waals surface area contributed by atoms with Crippen LogP contribution in [0.15, 0.2) is 36.5 Å². The zero-order chi connectivity index (χ0) is 14.5. The number of carbonyl (C=O) groups is 1. The number of rotatable bonds is 3. The summed E-state index contributed by atoms with van der Waals surface area (Å²) in [6.07, 6.45) is 1.51. The summed E-state index contributed by atoms with van der Waals surface area (Å²) in [6, 6.07) is 8.33. The van der Waals surface area contributed by atoms with Crippen LogP contribution in [0.4, 0.5) is 16.2 Å². The third kappa shape index (κ3) is 3.61. The fourth-order valence-electron chi connectivity index (χ4n) is 1.54. The van der Waals surface area contributed by atoms with Gasteiger partial charge in [0, 0.05) is 16.8 Å². The first-order valence-corrected chi connectivity index (χ1v) is 6.30. The van der Waals surface area contributed by atoms with Gasteiger partial charge in [0.1, 0.15) is 0 Å². The summed E-state index contributed by atoms with van der Waals surface area (Å²) in [5.41, 5.74) is 2.15. The van der Waals surface area contributed by atoms with Crippen LogP contribution in [-0.4, -0.2) is 18.1 Å². The van der Waals surface area contributed by atoms with Crippen LogP contribution in [0.2, 0.25) is 5.02 Å². The summed E-state index contributed by atoms with van der Waals surface area (Å²) in [6.45, 7) is 1.90. The standard InChI is InChI=1S/C14H14ClN3O2/c1-9-3-4-10(7-12(9)15)17-14(19)18-11-5-6-13(20-2)16-8-11/h3-8H,1-2H3,(H2,17,18,19). The first-order valence-electron chi connectivity index (χ1n) is 5.92. The van der Waals surface area contributed by atoms with E-state index in [4.69, 9.17) is 16.3 Å². The minimum Gasteiger partial charge on any atom is -0.481 e. The van der Waals surface area contributed by atoms with Crippen LogP contribution in [0.5, 0.6) is 5.88 Å². The lowest BCUT2D eigenvalue weighted by Crippen LogP contribution is -2.19. The molecule has 6 heteroatoms. The number of nitrogens with zero attached hydrogens (tertiary/aromatic N) is 1. The highest BCUT2D eigenvalue weighted by Gasteiger charge is 2.04. The highest BCUT2D eigenvalue weighted by Crippen LogP contribution is 2.20. The van der Waals surface area contributed by atoms with Gasteiger partial charge >= 0.3 is 6.03 Å². The predicted octanol–water partition coefficient (Wildman–Crippen LogP) is 3.70. The van der Waals surface area contributed by atoms with Crippen molar-refractivity contribution in [3.05, 3.63) is 47.1 Å². The largest absolute Gasteiger partial charge is 0.481 e. The molecule has 0 aliphatic heterocycles. The van der Waals surface area contributed by atoms with E-state index < -0.39 is 0 Å². The van der Waals surface area contributed by atoms with Crippen LogP contribution < -0.4 is 15.4 Å². The summed E-state index contributed by atoms with van der Waals surface area (Å²) in [4.78, 5) is 15.8. The average molecular weight is 292 g/mol. The number of anilines is 2. The van der Waals surface area contributed by atoms with E-state index in [2.05, 4.69) is 15.6 Å². The molecule has 0 saturated heterocycles. The molecule has 0 fully saturated rings. The van der Waals surface area contributed by atoms with Crippen molar-refractivity contribution < 1.29 is 9.53 Å². The quantitative estimate of drug-likeness (QED) is 0.906. The smallest absolute Gasteiger partial charge is 0.323 e. The SMILES string of the molecule is COc1ccc(NC(=O)Nc2ccc(C)c(Cl)c2)cn1. The van der Waals surface area contributed by atoms with Crippen molar-refractivity contribution in [2.24, 2.45) is 0 Å². The molecular formula is C14H14ClN3O2. The molecule has 0 spiro atoms. The predicted molar refractivity (Wildman–Crippen MR) is 79.6 cm³/mol. The molecular weight excluding hydrogens is 278 g/mol. The number of pyridine rings is 1. The van der Waals surface area contributed by atoms with E-state index in [1.54, 1.807) is 24.3 Å². The van der Waals surface area contributed by atoms with E-state index in [1.165, 1.54) is 13.3 Å². The van der Waals surface area contributed by atoms with Crippen molar-refractivity contribution in [1.82, 2.24) is 4.98 Å². The molecule has 0 aliphatic carbocycles. The van der Waals surface area contributed by atoms with Crippen molar-refractivity contribution in [2.75, 3.05) is 17.7 Å². The molecule has 2 N–H and O–H groups in total. The number of hydrogen-bond donors (Lipinski definition) is 2. The van der Waals surface area contributed by atoms with E-state index in [-0.39, 0.29) is 6.03 Å². The van der Waals surface area contributed by atoms with Crippen LogP contribution in [0.25, 0.3) is 0 Å². The normalized spacial score (nSPS) is 9.95. The molecule has 0 saturated carbocycles. The minimum absolute atomic E-state index is 0.364. The van der Waals surface area contributed by atoms with Crippen LogP contribution in [0, 0.1) is 6.92 Å². The van der Waals surface area contributed by atoms with E-state index in [1.807, 2.05) is 13.0 Å². The van der Waals surface area contributed by atoms with Gasteiger partial charge in [-0.15, -0.1) is 0 Å². The van der Waals surface area contributed by atoms with Gasteiger partial charge < -0.3 is 15.4 Å². The highest BCUT2D eigenvalue weighted by molar-refractivity contribution is 6.31. The van der Waals surface area contributed by atoms with Crippen LogP contribution >= 0.6 is 11.6 Å². The Balaban J connectivity index is 1.99. The molecule has 5 nitrogen and oxygen atoms in total. The molecule has 0 radical (unpaired) electrons. The molecule has 1 heterocycles. The molecule has 20 heavy (non-hydrogen) atoms. The molecule has 104 valence electrons. The average Bonchev–Trinajstić information content (AvgIpc) is 2.44. The number of hydrogen-bond acceptors (Lipinski definition) is 3. The van der Waals surface area contributed by atoms with E-state index in [0.29, 0.717) is 22.3 Å². The van der Waals surface area contributed by atoms with Gasteiger partial charge in [-0.25, -0.2) is 9.78 Å². The zero-order valence-corrected chi connectivity index (χ0v) is 11.9. The van der Waals surface area contributed by atoms with Gasteiger partial charge in [-0.05, 0) is 30.7 Å². The second-order valence-corrected chi connectivity index (χ2v) is 4.54. The highest BCUT2D eigenvalue weighted by atomic mass is 35.5. The summed E-state index contributed by atoms with van der Waals surface area (Å²) in [5, 5.41) is 5.96. The maximum absolute atomic E-state index is 11.8. The third-order valence-corrected chi connectivity index (χ3v) is 3.04. The van der Waals surface area contributed by atoms with E-state index in [9.17, 15) is 4.79 Å². The summed E-state index contributed by atoms with van der Waals surface area (Å²) in [5.74, 6) is 0.487. The number of nitrogens with one attached hydrogen (secondary N) is 2. The van der Waals surface area contributed by atoms with Crippen LogP contribution in [-0.2, 0) is 0 Å². The van der Waals surface area contributed by atoms with Gasteiger partial charge in [0.05, 0.1) is 19.0 Å². The van der Waals surface area contributed by atoms with E-state index in [0.717, 1.165) is 5.56 Å². The molecule has 0 atom stereocenters. The zero-order valence-electron chi connectivity index (χ0n) is 11.1. The van der Waals surface area contributed by atoms with Gasteiger partial charge in [-0.3, -0.25) is 0 Å². The molecule has 2 rings (SSSR count). The number of urea groups is 1. The van der Waals surface area contributed by atoms with Gasteiger partial charge in [0.2, 0.25) is 5.88 Å². The third-order valence-electron chi connectivity index (χ3n) is 2.63. The van der Waals surface area contributed by atoms with Gasteiger partial charge in [0.25, 0.3) is 0 Å². The van der Waals surface area contributed by atoms with Crippen molar-refractivity contribution in [1.29, 1.82) is 0 Å². The molecule has 1 aromatic heterocycles. The Hall–Kier alpha value is -2.27. The molecule has 2 amide bonds. The van der Waals surface area contributed by atoms with Crippen LogP contribution in [0.3, 0.4) is 0 Å². The van der Waals surface area contributed by atoms with Crippen LogP contribution in [0.1, 0.15) is 5.56 Å². The fourth-order valence-corrected chi connectivity index (χ4v) is 1.72. The monoisotopic (exact) mass is 291 g/mol. The molecule has 2 aromatic rings. The number of halogens is 1. The Labute approximate surface area is 121 Å². The molecule has 0 unspecified atom stereocenters. The first kappa shape index (κ1) is 14.1. The second-order valence-electron chi connectivity index (χ2n) is 4.13. The topological polar surface area (TPSA) is 63.2 Å². The number of methoxy groups -OCH3 is 1. The van der Waals surface area contributed by atoms with Crippen molar-refractivity contribution in [3.63, 3.8) is 0 Å². The maximum atomic E-state index is 11.8. The lowest BCUT2D eigenvalue weighted by Gasteiger charge is -2.08. The number of amides is 2. The number of benzene rings is 1. The summed E-state index contributed by atoms with van der Waals surface area (Å²) < 4.78 is 4.94. The molecule has 0 aliphatic rings. The Morgan fingerprint density at radius 1 is 1.20 bits per heavy atom. The van der Waals surface area contributed by atoms with Gasteiger partial charge in [-0.2, -0.15) is 0 Å². The first-order chi connectivity index (χ1) is 9.58. The summed E-state index contributed by atoms with van der Waals surface area (Å²) in [7, 11) is 1.53. The lowest BCUT2D eigenvalue weighted by atomic mass is 10.2. The van der Waals surface area contributed by atoms with Gasteiger partial charge in [0.15, 0.2) is 0 Å². The van der Waals surface area contributed by atoms with Crippen molar-refractivity contribution >= 4 is 29.0 Å². The number of ether oxygens (including phenoxy) is 1. The van der Waals surface area contributed by atoms with Crippen molar-refractivity contribution in [3.8, 4) is 5.88 Å². The Bertz CT molecular complexity index is 614. The summed E-state index contributed by atoms with van der Waals surface area (Å²) >= 11 is 6.00. The van der Waals surface area contributed by atoms with E-state index >= 15 is 0 Å². The number of aromatic nitrogens is 1. The minimum atomic E-state index is -0.364. The molecule has 1 aromatic carbocycles. The fraction of sp³-hybridized carbons (Fsp3) is 0.143. The lowest BCUT2D eigenvalue weighted by molar-refractivity contribution is 0.262.